The average Bonchev–Trinajstić information content (AvgIpc) is 2.62. The topological polar surface area (TPSA) is 114 Å². The van der Waals surface area contributed by atoms with Gasteiger partial charge in [-0.25, -0.2) is 8.42 Å². The zero-order valence-electron chi connectivity index (χ0n) is 16.1. The van der Waals surface area contributed by atoms with E-state index in [4.69, 9.17) is 4.74 Å². The molecule has 0 aliphatic heterocycles. The molecule has 1 atom stereocenters. The summed E-state index contributed by atoms with van der Waals surface area (Å²) in [4.78, 5) is 24.4. The number of rotatable bonds is 6. The van der Waals surface area contributed by atoms with Gasteiger partial charge in [0.1, 0.15) is 5.75 Å². The zero-order valence-corrected chi connectivity index (χ0v) is 16.9. The number of sulfonamides is 1. The van der Waals surface area contributed by atoms with Gasteiger partial charge in [0.2, 0.25) is 10.0 Å². The summed E-state index contributed by atoms with van der Waals surface area (Å²) in [5.41, 5.74) is 6.98. The molecule has 0 saturated heterocycles. The standard InChI is InChI=1S/C19H23N3O5S/c1-12-7-5-10-17(13(12)2)27-14(3)18(23)20-21-19(24)15-8-6-9-16(11-15)22-28(4,25)26/h5-11,14,22H,1-4H3,(H,20,23)(H,21,24). The average molecular weight is 405 g/mol. The molecule has 2 aromatic rings. The van der Waals surface area contributed by atoms with Gasteiger partial charge in [-0.3, -0.25) is 25.2 Å². The molecule has 1 unspecified atom stereocenters. The number of nitrogens with one attached hydrogen (secondary N) is 3. The predicted molar refractivity (Wildman–Crippen MR) is 107 cm³/mol. The normalized spacial score (nSPS) is 12.0. The number of carbonyl (C=O) groups is 2. The Morgan fingerprint density at radius 3 is 2.39 bits per heavy atom. The van der Waals surface area contributed by atoms with Crippen LogP contribution in [0, 0.1) is 13.8 Å². The number of benzene rings is 2. The third-order valence-corrected chi connectivity index (χ3v) is 4.56. The van der Waals surface area contributed by atoms with Crippen molar-refractivity contribution in [2.45, 2.75) is 26.9 Å². The van der Waals surface area contributed by atoms with Crippen molar-refractivity contribution in [3.8, 4) is 5.75 Å². The van der Waals surface area contributed by atoms with E-state index >= 15 is 0 Å². The molecule has 0 aliphatic carbocycles. The summed E-state index contributed by atoms with van der Waals surface area (Å²) < 4.78 is 30.5. The number of ether oxygens (including phenoxy) is 1. The van der Waals surface area contributed by atoms with Crippen LogP contribution in [0.4, 0.5) is 5.69 Å². The summed E-state index contributed by atoms with van der Waals surface area (Å²) in [7, 11) is -3.46. The second kappa shape index (κ2) is 8.75. The monoisotopic (exact) mass is 405 g/mol. The van der Waals surface area contributed by atoms with Gasteiger partial charge in [0.15, 0.2) is 6.10 Å². The first-order chi connectivity index (χ1) is 13.1. The molecule has 2 aromatic carbocycles. The minimum absolute atomic E-state index is 0.178. The van der Waals surface area contributed by atoms with E-state index < -0.39 is 27.9 Å². The Hall–Kier alpha value is -3.07. The van der Waals surface area contributed by atoms with E-state index in [0.29, 0.717) is 5.75 Å². The number of aryl methyl sites for hydroxylation is 1. The fourth-order valence-electron chi connectivity index (χ4n) is 2.33. The van der Waals surface area contributed by atoms with Gasteiger partial charge in [0, 0.05) is 11.3 Å². The summed E-state index contributed by atoms with van der Waals surface area (Å²) in [5, 5.41) is 0. The van der Waals surface area contributed by atoms with E-state index in [1.165, 1.54) is 24.3 Å². The summed E-state index contributed by atoms with van der Waals surface area (Å²) in [6, 6.07) is 11.4. The van der Waals surface area contributed by atoms with Crippen molar-refractivity contribution in [2.24, 2.45) is 0 Å². The molecule has 150 valence electrons. The van der Waals surface area contributed by atoms with Crippen LogP contribution in [0.25, 0.3) is 0 Å². The number of hydrogen-bond donors (Lipinski definition) is 3. The molecule has 3 N–H and O–H groups in total. The quantitative estimate of drug-likeness (QED) is 0.635. The SMILES string of the molecule is Cc1cccc(OC(C)C(=O)NNC(=O)c2cccc(NS(C)(=O)=O)c2)c1C. The van der Waals surface area contributed by atoms with Crippen molar-refractivity contribution >= 4 is 27.5 Å². The maximum Gasteiger partial charge on any atom is 0.279 e. The second-order valence-corrected chi connectivity index (χ2v) is 8.10. The highest BCUT2D eigenvalue weighted by molar-refractivity contribution is 7.92. The van der Waals surface area contributed by atoms with Crippen molar-refractivity contribution in [1.29, 1.82) is 0 Å². The lowest BCUT2D eigenvalue weighted by Gasteiger charge is -2.17. The Labute approximate surface area is 164 Å². The minimum atomic E-state index is -3.46. The van der Waals surface area contributed by atoms with Crippen LogP contribution in [0.5, 0.6) is 5.75 Å². The highest BCUT2D eigenvalue weighted by Gasteiger charge is 2.17. The van der Waals surface area contributed by atoms with Crippen molar-refractivity contribution in [3.63, 3.8) is 0 Å². The van der Waals surface area contributed by atoms with E-state index in [0.717, 1.165) is 17.4 Å². The van der Waals surface area contributed by atoms with Gasteiger partial charge < -0.3 is 4.74 Å². The van der Waals surface area contributed by atoms with Crippen LogP contribution < -0.4 is 20.3 Å². The maximum absolute atomic E-state index is 12.2. The number of anilines is 1. The van der Waals surface area contributed by atoms with Crippen LogP contribution in [0.1, 0.15) is 28.4 Å². The highest BCUT2D eigenvalue weighted by Crippen LogP contribution is 2.21. The molecule has 0 spiro atoms. The molecule has 2 rings (SSSR count). The Bertz CT molecular complexity index is 989. The third kappa shape index (κ3) is 5.98. The largest absolute Gasteiger partial charge is 0.481 e. The van der Waals surface area contributed by atoms with Crippen LogP contribution in [-0.2, 0) is 14.8 Å². The zero-order chi connectivity index (χ0) is 20.9. The molecule has 9 heteroatoms. The van der Waals surface area contributed by atoms with Gasteiger partial charge in [-0.2, -0.15) is 0 Å². The van der Waals surface area contributed by atoms with Gasteiger partial charge in [-0.15, -0.1) is 0 Å². The molecule has 0 aromatic heterocycles. The Morgan fingerprint density at radius 2 is 1.71 bits per heavy atom. The van der Waals surface area contributed by atoms with Crippen molar-refractivity contribution < 1.29 is 22.7 Å². The number of amides is 2. The van der Waals surface area contributed by atoms with E-state index in [1.807, 2.05) is 26.0 Å². The minimum Gasteiger partial charge on any atom is -0.481 e. The van der Waals surface area contributed by atoms with Crippen LogP contribution in [0.15, 0.2) is 42.5 Å². The second-order valence-electron chi connectivity index (χ2n) is 6.36. The molecule has 0 aliphatic rings. The fraction of sp³-hybridized carbons (Fsp3) is 0.263. The molecule has 0 radical (unpaired) electrons. The van der Waals surface area contributed by atoms with E-state index in [1.54, 1.807) is 13.0 Å². The molecule has 8 nitrogen and oxygen atoms in total. The first-order valence-corrected chi connectivity index (χ1v) is 10.4. The molecular formula is C19H23N3O5S. The molecule has 0 saturated carbocycles. The van der Waals surface area contributed by atoms with E-state index in [9.17, 15) is 18.0 Å². The molecule has 0 fully saturated rings. The van der Waals surface area contributed by atoms with Crippen molar-refractivity contribution in [2.75, 3.05) is 11.0 Å². The third-order valence-electron chi connectivity index (χ3n) is 3.96. The lowest BCUT2D eigenvalue weighted by atomic mass is 10.1. The molecular weight excluding hydrogens is 382 g/mol. The van der Waals surface area contributed by atoms with Gasteiger partial charge in [0.25, 0.3) is 11.8 Å². The highest BCUT2D eigenvalue weighted by atomic mass is 32.2. The van der Waals surface area contributed by atoms with Crippen molar-refractivity contribution in [3.05, 3.63) is 59.2 Å². The summed E-state index contributed by atoms with van der Waals surface area (Å²) in [5.74, 6) is -0.530. The summed E-state index contributed by atoms with van der Waals surface area (Å²) in [6.45, 7) is 5.41. The van der Waals surface area contributed by atoms with Crippen LogP contribution >= 0.6 is 0 Å². The fourth-order valence-corrected chi connectivity index (χ4v) is 2.88. The van der Waals surface area contributed by atoms with E-state index in [2.05, 4.69) is 15.6 Å². The molecule has 28 heavy (non-hydrogen) atoms. The van der Waals surface area contributed by atoms with Crippen LogP contribution in [0.3, 0.4) is 0 Å². The van der Waals surface area contributed by atoms with Gasteiger partial charge in [-0.1, -0.05) is 18.2 Å². The first-order valence-electron chi connectivity index (χ1n) is 8.48. The van der Waals surface area contributed by atoms with Gasteiger partial charge in [-0.05, 0) is 56.2 Å². The molecule has 2 amide bonds. The first kappa shape index (κ1) is 21.2. The molecule has 0 bridgehead atoms. The number of hydrogen-bond acceptors (Lipinski definition) is 5. The van der Waals surface area contributed by atoms with Crippen molar-refractivity contribution in [1.82, 2.24) is 10.9 Å². The lowest BCUT2D eigenvalue weighted by Crippen LogP contribution is -2.47. The van der Waals surface area contributed by atoms with Gasteiger partial charge >= 0.3 is 0 Å². The number of hydrazine groups is 1. The maximum atomic E-state index is 12.2. The van der Waals surface area contributed by atoms with E-state index in [-0.39, 0.29) is 11.3 Å². The van der Waals surface area contributed by atoms with Crippen LogP contribution in [-0.4, -0.2) is 32.6 Å². The van der Waals surface area contributed by atoms with Crippen LogP contribution in [0.2, 0.25) is 0 Å². The van der Waals surface area contributed by atoms with Gasteiger partial charge in [0.05, 0.1) is 6.26 Å². The molecule has 0 heterocycles. The smallest absolute Gasteiger partial charge is 0.279 e. The summed E-state index contributed by atoms with van der Waals surface area (Å²) >= 11 is 0. The number of carbonyl (C=O) groups excluding carboxylic acids is 2. The Kier molecular flexibility index (Phi) is 6.63. The lowest BCUT2D eigenvalue weighted by molar-refractivity contribution is -0.128. The predicted octanol–water partition coefficient (Wildman–Crippen LogP) is 1.90. The Balaban J connectivity index is 1.95. The Morgan fingerprint density at radius 1 is 1.04 bits per heavy atom. The summed E-state index contributed by atoms with van der Waals surface area (Å²) in [6.07, 6.45) is 0.177.